The van der Waals surface area contributed by atoms with Crippen molar-refractivity contribution < 1.29 is 9.18 Å². The number of carbonyl (C=O) groups excluding carboxylic acids is 1. The number of fused-ring (bicyclic) bond motifs is 1. The van der Waals surface area contributed by atoms with E-state index in [1.54, 1.807) is 6.07 Å². The van der Waals surface area contributed by atoms with Crippen LogP contribution < -0.4 is 0 Å². The zero-order chi connectivity index (χ0) is 12.0. The summed E-state index contributed by atoms with van der Waals surface area (Å²) in [5.74, 6) is 1.67. The van der Waals surface area contributed by atoms with Gasteiger partial charge in [0.2, 0.25) is 0 Å². The van der Waals surface area contributed by atoms with Gasteiger partial charge in [-0.05, 0) is 48.8 Å². The van der Waals surface area contributed by atoms with Crippen LogP contribution in [0.15, 0.2) is 18.2 Å². The van der Waals surface area contributed by atoms with Crippen molar-refractivity contribution >= 4 is 17.4 Å². The minimum absolute atomic E-state index is 0.114. The van der Waals surface area contributed by atoms with E-state index in [0.717, 1.165) is 30.2 Å². The molecule has 2 atom stereocenters. The van der Waals surface area contributed by atoms with Crippen molar-refractivity contribution in [3.63, 3.8) is 0 Å². The average molecular weight is 253 g/mol. The summed E-state index contributed by atoms with van der Waals surface area (Å²) in [6.07, 6.45) is 3.77. The molecule has 0 aromatic heterocycles. The molecule has 0 radical (unpaired) electrons. The third-order valence-electron chi connectivity index (χ3n) is 4.06. The Morgan fingerprint density at radius 1 is 1.29 bits per heavy atom. The molecule has 2 aliphatic rings. The Hall–Kier alpha value is -0.890. The van der Waals surface area contributed by atoms with Crippen molar-refractivity contribution in [3.8, 4) is 0 Å². The van der Waals surface area contributed by atoms with E-state index in [2.05, 4.69) is 0 Å². The molecule has 90 valence electrons. The fourth-order valence-corrected chi connectivity index (χ4v) is 3.09. The molecule has 0 spiro atoms. The summed E-state index contributed by atoms with van der Waals surface area (Å²) in [5, 5.41) is 0.114. The molecule has 3 heteroatoms. The van der Waals surface area contributed by atoms with Crippen LogP contribution in [0.4, 0.5) is 4.39 Å². The van der Waals surface area contributed by atoms with Crippen LogP contribution in [0.5, 0.6) is 0 Å². The van der Waals surface area contributed by atoms with Crippen molar-refractivity contribution in [1.82, 2.24) is 0 Å². The lowest BCUT2D eigenvalue weighted by Crippen LogP contribution is -2.15. The Kier molecular flexibility index (Phi) is 2.70. The molecule has 0 saturated heterocycles. The molecule has 0 heterocycles. The van der Waals surface area contributed by atoms with Gasteiger partial charge in [-0.3, -0.25) is 4.79 Å². The molecular weight excluding hydrogens is 239 g/mol. The van der Waals surface area contributed by atoms with Crippen LogP contribution in [0.1, 0.15) is 24.8 Å². The van der Waals surface area contributed by atoms with Gasteiger partial charge in [-0.15, -0.1) is 0 Å². The minimum atomic E-state index is -0.439. The molecule has 2 fully saturated rings. The lowest BCUT2D eigenvalue weighted by molar-refractivity contribution is -0.122. The van der Waals surface area contributed by atoms with Crippen LogP contribution in [-0.2, 0) is 11.2 Å². The molecule has 3 rings (SSSR count). The fourth-order valence-electron chi connectivity index (χ4n) is 2.97. The number of benzene rings is 1. The van der Waals surface area contributed by atoms with Crippen molar-refractivity contribution in [2.45, 2.75) is 25.7 Å². The molecule has 0 aliphatic heterocycles. The lowest BCUT2D eigenvalue weighted by Gasteiger charge is -2.10. The van der Waals surface area contributed by atoms with Gasteiger partial charge in [-0.1, -0.05) is 17.7 Å². The Morgan fingerprint density at radius 3 is 2.65 bits per heavy atom. The zero-order valence-corrected chi connectivity index (χ0v) is 10.2. The first-order valence-electron chi connectivity index (χ1n) is 6.10. The van der Waals surface area contributed by atoms with E-state index in [1.165, 1.54) is 18.6 Å². The highest BCUT2D eigenvalue weighted by molar-refractivity contribution is 6.30. The summed E-state index contributed by atoms with van der Waals surface area (Å²) in [6, 6.07) is 4.63. The third kappa shape index (κ3) is 2.23. The molecule has 1 aromatic carbocycles. The Bertz CT molecular complexity index is 461. The SMILES string of the molecule is O=C(Cc1ccc(Cl)c(F)c1)C1CC2CC2C1. The molecule has 0 N–H and O–H groups in total. The summed E-state index contributed by atoms with van der Waals surface area (Å²) in [4.78, 5) is 12.0. The van der Waals surface area contributed by atoms with Crippen LogP contribution in [-0.4, -0.2) is 5.78 Å². The molecule has 0 bridgehead atoms. The molecule has 0 amide bonds. The van der Waals surface area contributed by atoms with Gasteiger partial charge in [0.05, 0.1) is 5.02 Å². The van der Waals surface area contributed by atoms with E-state index < -0.39 is 5.82 Å². The van der Waals surface area contributed by atoms with Crippen molar-refractivity contribution in [1.29, 1.82) is 0 Å². The predicted octanol–water partition coefficient (Wildman–Crippen LogP) is 3.64. The van der Waals surface area contributed by atoms with E-state index in [1.807, 2.05) is 0 Å². The second kappa shape index (κ2) is 4.09. The van der Waals surface area contributed by atoms with Gasteiger partial charge >= 0.3 is 0 Å². The van der Waals surface area contributed by atoms with Gasteiger partial charge in [0.15, 0.2) is 0 Å². The fraction of sp³-hybridized carbons (Fsp3) is 0.500. The maximum Gasteiger partial charge on any atom is 0.142 e. The highest BCUT2D eigenvalue weighted by Gasteiger charge is 2.47. The number of ketones is 1. The zero-order valence-electron chi connectivity index (χ0n) is 9.46. The van der Waals surface area contributed by atoms with Crippen LogP contribution in [0.3, 0.4) is 0 Å². The van der Waals surface area contributed by atoms with E-state index in [-0.39, 0.29) is 16.7 Å². The van der Waals surface area contributed by atoms with Gasteiger partial charge < -0.3 is 0 Å². The van der Waals surface area contributed by atoms with Crippen molar-refractivity contribution in [2.24, 2.45) is 17.8 Å². The van der Waals surface area contributed by atoms with Crippen LogP contribution >= 0.6 is 11.6 Å². The first-order valence-corrected chi connectivity index (χ1v) is 6.48. The molecule has 2 saturated carbocycles. The monoisotopic (exact) mass is 252 g/mol. The van der Waals surface area contributed by atoms with E-state index in [9.17, 15) is 9.18 Å². The summed E-state index contributed by atoms with van der Waals surface area (Å²) >= 11 is 5.61. The first kappa shape index (κ1) is 11.2. The van der Waals surface area contributed by atoms with Crippen molar-refractivity contribution in [2.75, 3.05) is 0 Å². The molecule has 1 aromatic rings. The van der Waals surface area contributed by atoms with Crippen LogP contribution in [0, 0.1) is 23.6 Å². The van der Waals surface area contributed by atoms with Gasteiger partial charge in [-0.2, -0.15) is 0 Å². The average Bonchev–Trinajstić information content (AvgIpc) is 2.91. The van der Waals surface area contributed by atoms with E-state index in [0.29, 0.717) is 6.42 Å². The van der Waals surface area contributed by atoms with Gasteiger partial charge in [-0.25, -0.2) is 4.39 Å². The molecule has 17 heavy (non-hydrogen) atoms. The number of hydrogen-bond donors (Lipinski definition) is 0. The molecular formula is C14H14ClFO. The Morgan fingerprint density at radius 2 is 2.00 bits per heavy atom. The minimum Gasteiger partial charge on any atom is -0.299 e. The second-order valence-electron chi connectivity index (χ2n) is 5.32. The van der Waals surface area contributed by atoms with E-state index in [4.69, 9.17) is 11.6 Å². The standard InChI is InChI=1S/C14H14ClFO/c15-12-2-1-8(3-13(12)16)4-14(17)11-6-9-5-10(9)7-11/h1-3,9-11H,4-7H2. The normalized spacial score (nSPS) is 30.1. The number of hydrogen-bond acceptors (Lipinski definition) is 1. The smallest absolute Gasteiger partial charge is 0.142 e. The van der Waals surface area contributed by atoms with Crippen LogP contribution in [0.2, 0.25) is 5.02 Å². The Balaban J connectivity index is 1.65. The predicted molar refractivity (Wildman–Crippen MR) is 64.4 cm³/mol. The summed E-state index contributed by atoms with van der Waals surface area (Å²) in [5.41, 5.74) is 0.734. The second-order valence-corrected chi connectivity index (χ2v) is 5.72. The quantitative estimate of drug-likeness (QED) is 0.803. The summed E-state index contributed by atoms with van der Waals surface area (Å²) < 4.78 is 13.2. The van der Waals surface area contributed by atoms with Crippen LogP contribution in [0.25, 0.3) is 0 Å². The number of rotatable bonds is 3. The number of halogens is 2. The summed E-state index contributed by atoms with van der Waals surface area (Å²) in [6.45, 7) is 0. The maximum absolute atomic E-state index is 13.2. The molecule has 2 aliphatic carbocycles. The van der Waals surface area contributed by atoms with Gasteiger partial charge in [0.1, 0.15) is 11.6 Å². The topological polar surface area (TPSA) is 17.1 Å². The van der Waals surface area contributed by atoms with E-state index >= 15 is 0 Å². The first-order chi connectivity index (χ1) is 8.13. The number of Topliss-reactive ketones (excluding diaryl/α,β-unsaturated/α-hetero) is 1. The lowest BCUT2D eigenvalue weighted by atomic mass is 9.94. The highest BCUT2D eigenvalue weighted by Crippen LogP contribution is 2.54. The molecule has 2 unspecified atom stereocenters. The Labute approximate surface area is 105 Å². The highest BCUT2D eigenvalue weighted by atomic mass is 35.5. The van der Waals surface area contributed by atoms with Gasteiger partial charge in [0.25, 0.3) is 0 Å². The third-order valence-corrected chi connectivity index (χ3v) is 4.37. The largest absolute Gasteiger partial charge is 0.299 e. The summed E-state index contributed by atoms with van der Waals surface area (Å²) in [7, 11) is 0. The van der Waals surface area contributed by atoms with Gasteiger partial charge in [0, 0.05) is 12.3 Å². The maximum atomic E-state index is 13.2. The van der Waals surface area contributed by atoms with Crippen molar-refractivity contribution in [3.05, 3.63) is 34.6 Å². The number of carbonyl (C=O) groups is 1. The molecule has 1 nitrogen and oxygen atoms in total.